The van der Waals surface area contributed by atoms with Crippen molar-refractivity contribution >= 4 is 5.91 Å². The molecule has 1 amide bonds. The quantitative estimate of drug-likeness (QED) is 0.561. The van der Waals surface area contributed by atoms with Gasteiger partial charge in [0.25, 0.3) is 0 Å². The van der Waals surface area contributed by atoms with Gasteiger partial charge in [-0.25, -0.2) is 0 Å². The van der Waals surface area contributed by atoms with Crippen LogP contribution in [0.15, 0.2) is 0 Å². The molecular formula is C11H19NO. The summed E-state index contributed by atoms with van der Waals surface area (Å²) in [5.74, 6) is 1.12. The molecule has 0 aromatic rings. The highest BCUT2D eigenvalue weighted by Gasteiger charge is 2.44. The Hall–Kier alpha value is -0.530. The summed E-state index contributed by atoms with van der Waals surface area (Å²) < 4.78 is 0. The van der Waals surface area contributed by atoms with E-state index in [1.807, 2.05) is 11.9 Å². The lowest BCUT2D eigenvalue weighted by Gasteiger charge is -2.51. The van der Waals surface area contributed by atoms with Crippen molar-refractivity contribution in [2.75, 3.05) is 7.05 Å². The van der Waals surface area contributed by atoms with Crippen molar-refractivity contribution in [2.45, 2.75) is 51.0 Å². The molecule has 0 aromatic heterocycles. The van der Waals surface area contributed by atoms with Crippen molar-refractivity contribution in [1.82, 2.24) is 4.90 Å². The first-order valence-corrected chi connectivity index (χ1v) is 5.41. The molecule has 13 heavy (non-hydrogen) atoms. The lowest BCUT2D eigenvalue weighted by molar-refractivity contribution is -0.144. The first kappa shape index (κ1) is 9.04. The predicted octanol–water partition coefficient (Wildman–Crippen LogP) is 2.19. The molecular weight excluding hydrogens is 162 g/mol. The van der Waals surface area contributed by atoms with Crippen molar-refractivity contribution in [3.8, 4) is 0 Å². The van der Waals surface area contributed by atoms with Gasteiger partial charge in [0, 0.05) is 19.0 Å². The van der Waals surface area contributed by atoms with Gasteiger partial charge in [0.1, 0.15) is 0 Å². The number of carbonyl (C=O) groups excluding carboxylic acids is 1. The fourth-order valence-electron chi connectivity index (χ4n) is 3.04. The average molecular weight is 181 g/mol. The molecule has 2 atom stereocenters. The number of carbonyl (C=O) groups is 1. The molecule has 1 saturated heterocycles. The van der Waals surface area contributed by atoms with Gasteiger partial charge in [-0.2, -0.15) is 0 Å². The molecule has 1 heterocycles. The van der Waals surface area contributed by atoms with Crippen LogP contribution in [0, 0.1) is 5.92 Å². The van der Waals surface area contributed by atoms with E-state index in [2.05, 4.69) is 6.92 Å². The second-order valence-corrected chi connectivity index (χ2v) is 4.79. The third-order valence-electron chi connectivity index (χ3n) is 4.21. The summed E-state index contributed by atoms with van der Waals surface area (Å²) in [5, 5.41) is 0. The highest BCUT2D eigenvalue weighted by Crippen LogP contribution is 2.43. The normalized spacial score (nSPS) is 40.3. The summed E-state index contributed by atoms with van der Waals surface area (Å²) in [6, 6.07) is 0. The Balaban J connectivity index is 2.22. The summed E-state index contributed by atoms with van der Waals surface area (Å²) in [6.45, 7) is 2.27. The van der Waals surface area contributed by atoms with Crippen LogP contribution in [0.4, 0.5) is 0 Å². The molecule has 1 saturated carbocycles. The maximum atomic E-state index is 11.6. The van der Waals surface area contributed by atoms with E-state index in [0.717, 1.165) is 18.8 Å². The van der Waals surface area contributed by atoms with E-state index in [1.54, 1.807) is 0 Å². The van der Waals surface area contributed by atoms with E-state index in [1.165, 1.54) is 25.7 Å². The van der Waals surface area contributed by atoms with Crippen LogP contribution < -0.4 is 0 Å². The minimum atomic E-state index is 0.188. The van der Waals surface area contributed by atoms with Crippen LogP contribution >= 0.6 is 0 Å². The standard InChI is InChI=1S/C11H19NO/c1-11-8-4-3-5-9(11)6-7-10(13)12(11)2/h9H,3-8H2,1-2H3. The number of fused-ring (bicyclic) bond motifs is 1. The molecule has 0 spiro atoms. The van der Waals surface area contributed by atoms with Crippen LogP contribution in [0.5, 0.6) is 0 Å². The molecule has 2 nitrogen and oxygen atoms in total. The summed E-state index contributed by atoms with van der Waals surface area (Å²) >= 11 is 0. The van der Waals surface area contributed by atoms with Crippen molar-refractivity contribution in [3.63, 3.8) is 0 Å². The van der Waals surface area contributed by atoms with E-state index >= 15 is 0 Å². The van der Waals surface area contributed by atoms with E-state index in [0.29, 0.717) is 5.91 Å². The molecule has 2 fully saturated rings. The minimum Gasteiger partial charge on any atom is -0.340 e. The molecule has 0 N–H and O–H groups in total. The van der Waals surface area contributed by atoms with Crippen LogP contribution in [0.2, 0.25) is 0 Å². The van der Waals surface area contributed by atoms with Gasteiger partial charge in [0.05, 0.1) is 0 Å². The first-order valence-electron chi connectivity index (χ1n) is 5.41. The summed E-state index contributed by atoms with van der Waals surface area (Å²) in [4.78, 5) is 13.6. The third-order valence-corrected chi connectivity index (χ3v) is 4.21. The molecule has 2 heteroatoms. The van der Waals surface area contributed by atoms with E-state index < -0.39 is 0 Å². The number of hydrogen-bond donors (Lipinski definition) is 0. The number of nitrogens with zero attached hydrogens (tertiary/aromatic N) is 1. The van der Waals surface area contributed by atoms with Gasteiger partial charge in [-0.05, 0) is 32.1 Å². The number of amides is 1. The molecule has 1 aliphatic carbocycles. The number of rotatable bonds is 0. The zero-order valence-electron chi connectivity index (χ0n) is 8.68. The van der Waals surface area contributed by atoms with Gasteiger partial charge in [0.2, 0.25) is 5.91 Å². The fourth-order valence-corrected chi connectivity index (χ4v) is 3.04. The molecule has 2 unspecified atom stereocenters. The third kappa shape index (κ3) is 1.27. The minimum absolute atomic E-state index is 0.188. The Morgan fingerprint density at radius 1 is 1.38 bits per heavy atom. The predicted molar refractivity (Wildman–Crippen MR) is 52.4 cm³/mol. The van der Waals surface area contributed by atoms with E-state index in [4.69, 9.17) is 0 Å². The molecule has 0 aromatic carbocycles. The molecule has 2 rings (SSSR count). The van der Waals surface area contributed by atoms with Crippen LogP contribution in [0.3, 0.4) is 0 Å². The maximum absolute atomic E-state index is 11.6. The van der Waals surface area contributed by atoms with E-state index in [9.17, 15) is 4.79 Å². The van der Waals surface area contributed by atoms with Gasteiger partial charge < -0.3 is 4.90 Å². The lowest BCUT2D eigenvalue weighted by atomic mass is 9.69. The van der Waals surface area contributed by atoms with Crippen molar-refractivity contribution in [2.24, 2.45) is 5.92 Å². The Bertz CT molecular complexity index is 226. The number of likely N-dealkylation sites (tertiary alicyclic amines) is 1. The summed E-state index contributed by atoms with van der Waals surface area (Å²) in [6.07, 6.45) is 7.09. The SMILES string of the molecule is CN1C(=O)CCC2CCCCC21C. The monoisotopic (exact) mass is 181 g/mol. The van der Waals surface area contributed by atoms with Crippen LogP contribution in [0.25, 0.3) is 0 Å². The smallest absolute Gasteiger partial charge is 0.222 e. The lowest BCUT2D eigenvalue weighted by Crippen LogP contribution is -2.56. The van der Waals surface area contributed by atoms with E-state index in [-0.39, 0.29) is 5.54 Å². The van der Waals surface area contributed by atoms with Gasteiger partial charge in [-0.3, -0.25) is 4.79 Å². The highest BCUT2D eigenvalue weighted by atomic mass is 16.2. The maximum Gasteiger partial charge on any atom is 0.222 e. The van der Waals surface area contributed by atoms with Crippen LogP contribution in [-0.2, 0) is 4.79 Å². The van der Waals surface area contributed by atoms with Crippen molar-refractivity contribution < 1.29 is 4.79 Å². The summed E-state index contributed by atoms with van der Waals surface area (Å²) in [5.41, 5.74) is 0.188. The Labute approximate surface area is 80.3 Å². The average Bonchev–Trinajstić information content (AvgIpc) is 2.13. The van der Waals surface area contributed by atoms with Crippen LogP contribution in [-0.4, -0.2) is 23.4 Å². The largest absolute Gasteiger partial charge is 0.340 e. The van der Waals surface area contributed by atoms with Crippen molar-refractivity contribution in [3.05, 3.63) is 0 Å². The second-order valence-electron chi connectivity index (χ2n) is 4.79. The number of hydrogen-bond acceptors (Lipinski definition) is 1. The zero-order chi connectivity index (χ0) is 9.47. The molecule has 2 aliphatic rings. The summed E-state index contributed by atoms with van der Waals surface area (Å²) in [7, 11) is 1.99. The van der Waals surface area contributed by atoms with Gasteiger partial charge in [-0.15, -0.1) is 0 Å². The van der Waals surface area contributed by atoms with Gasteiger partial charge in [0.15, 0.2) is 0 Å². The Kier molecular flexibility index (Phi) is 2.09. The Morgan fingerprint density at radius 3 is 2.92 bits per heavy atom. The molecule has 0 bridgehead atoms. The van der Waals surface area contributed by atoms with Crippen LogP contribution in [0.1, 0.15) is 45.4 Å². The molecule has 1 aliphatic heterocycles. The molecule has 74 valence electrons. The second kappa shape index (κ2) is 3.00. The Morgan fingerprint density at radius 2 is 2.15 bits per heavy atom. The van der Waals surface area contributed by atoms with Gasteiger partial charge >= 0.3 is 0 Å². The first-order chi connectivity index (χ1) is 6.14. The molecule has 0 radical (unpaired) electrons. The van der Waals surface area contributed by atoms with Crippen molar-refractivity contribution in [1.29, 1.82) is 0 Å². The van der Waals surface area contributed by atoms with Gasteiger partial charge in [-0.1, -0.05) is 12.8 Å². The zero-order valence-corrected chi connectivity index (χ0v) is 8.68. The fraction of sp³-hybridized carbons (Fsp3) is 0.909. The number of piperidine rings is 1. The highest BCUT2D eigenvalue weighted by molar-refractivity contribution is 5.77. The topological polar surface area (TPSA) is 20.3 Å².